The molecule has 0 unspecified atom stereocenters. The number of benzene rings is 1. The third-order valence-corrected chi connectivity index (χ3v) is 3.23. The number of alkyl halides is 6. The molecule has 1 aromatic carbocycles. The molecule has 6 nitrogen and oxygen atoms in total. The molecule has 0 aliphatic carbocycles. The van der Waals surface area contributed by atoms with Gasteiger partial charge in [0.2, 0.25) is 0 Å². The van der Waals surface area contributed by atoms with Gasteiger partial charge in [0.05, 0.1) is 11.1 Å². The van der Waals surface area contributed by atoms with Crippen molar-refractivity contribution in [2.75, 3.05) is 5.32 Å². The lowest BCUT2D eigenvalue weighted by molar-refractivity contribution is -0.141. The summed E-state index contributed by atoms with van der Waals surface area (Å²) < 4.78 is 77.2. The quantitative estimate of drug-likeness (QED) is 0.785. The maximum Gasteiger partial charge on any atom is 0.436 e. The van der Waals surface area contributed by atoms with Gasteiger partial charge in [-0.3, -0.25) is 9.48 Å². The van der Waals surface area contributed by atoms with Crippen molar-refractivity contribution in [2.24, 2.45) is 7.05 Å². The number of halogens is 6. The minimum Gasteiger partial charge on any atom is -0.507 e. The van der Waals surface area contributed by atoms with Crippen LogP contribution in [-0.4, -0.2) is 20.8 Å². The van der Waals surface area contributed by atoms with E-state index in [9.17, 15) is 36.2 Å². The second-order valence-electron chi connectivity index (χ2n) is 4.99. The number of aromatic hydroxyl groups is 1. The largest absolute Gasteiger partial charge is 0.507 e. The maximum absolute atomic E-state index is 12.8. The fourth-order valence-corrected chi connectivity index (χ4v) is 2.04. The number of aryl methyl sites for hydroxylation is 1. The topological polar surface area (TPSA) is 90.9 Å². The molecule has 0 radical (unpaired) electrons. The number of carbonyl (C=O) groups excluding carboxylic acids is 1. The van der Waals surface area contributed by atoms with Crippen molar-refractivity contribution < 1.29 is 36.2 Å². The van der Waals surface area contributed by atoms with E-state index in [0.717, 1.165) is 7.05 Å². The van der Waals surface area contributed by atoms with Crippen LogP contribution >= 0.6 is 0 Å². The molecule has 0 fully saturated rings. The number of hydrogen-bond acceptors (Lipinski definition) is 4. The zero-order valence-electron chi connectivity index (χ0n) is 12.7. The van der Waals surface area contributed by atoms with Gasteiger partial charge in [-0.15, -0.1) is 0 Å². The summed E-state index contributed by atoms with van der Waals surface area (Å²) in [5.74, 6) is -2.85. The van der Waals surface area contributed by atoms with E-state index in [4.69, 9.17) is 5.26 Å². The second kappa shape index (κ2) is 6.25. The molecule has 0 saturated heterocycles. The molecule has 12 heteroatoms. The van der Waals surface area contributed by atoms with Gasteiger partial charge in [-0.2, -0.15) is 36.7 Å². The number of nitriles is 1. The van der Waals surface area contributed by atoms with Crippen LogP contribution in [0.3, 0.4) is 0 Å². The minimum absolute atomic E-state index is 0.331. The first kappa shape index (κ1) is 19.1. The molecule has 138 valence electrons. The number of carbonyl (C=O) groups is 1. The van der Waals surface area contributed by atoms with Crippen LogP contribution in [0.25, 0.3) is 0 Å². The number of phenols is 1. The minimum atomic E-state index is -4.98. The maximum atomic E-state index is 12.8. The number of nitrogens with one attached hydrogen (secondary N) is 1. The Bertz CT molecular complexity index is 908. The first-order chi connectivity index (χ1) is 11.9. The smallest absolute Gasteiger partial charge is 0.436 e. The summed E-state index contributed by atoms with van der Waals surface area (Å²) in [6.07, 6.45) is -9.79. The molecule has 26 heavy (non-hydrogen) atoms. The molecule has 2 N–H and O–H groups in total. The van der Waals surface area contributed by atoms with Crippen LogP contribution in [0.4, 0.5) is 32.2 Å². The van der Waals surface area contributed by atoms with Crippen molar-refractivity contribution in [3.63, 3.8) is 0 Å². The fourth-order valence-electron chi connectivity index (χ4n) is 2.04. The molecule has 1 heterocycles. The van der Waals surface area contributed by atoms with Crippen LogP contribution in [0.1, 0.15) is 27.2 Å². The Balaban J connectivity index is 2.47. The third kappa shape index (κ3) is 3.56. The normalized spacial score (nSPS) is 11.9. The lowest BCUT2D eigenvalue weighted by Gasteiger charge is -2.11. The molecule has 0 spiro atoms. The molecule has 1 aromatic heterocycles. The van der Waals surface area contributed by atoms with Gasteiger partial charge in [-0.05, 0) is 18.2 Å². The number of rotatable bonds is 2. The molecule has 2 rings (SSSR count). The first-order valence-electron chi connectivity index (χ1n) is 6.62. The highest BCUT2D eigenvalue weighted by molar-refractivity contribution is 6.06. The van der Waals surface area contributed by atoms with Gasteiger partial charge in [0, 0.05) is 7.05 Å². The Morgan fingerprint density at radius 2 is 1.85 bits per heavy atom. The predicted octanol–water partition coefficient (Wildman–Crippen LogP) is 3.29. The van der Waals surface area contributed by atoms with E-state index in [1.165, 1.54) is 6.07 Å². The number of aromatic nitrogens is 2. The standard InChI is InChI=1S/C14H8F6N4O2/c1-24-11(8(5-21)10(23-24)14(18,19)20)22-12(26)7-4-6(13(15,16)17)2-3-9(7)25/h2-4,25H,1H3,(H,22,26). The molecule has 0 bridgehead atoms. The van der Waals surface area contributed by atoms with Crippen LogP contribution in [0, 0.1) is 11.3 Å². The zero-order chi connectivity index (χ0) is 19.9. The first-order valence-corrected chi connectivity index (χ1v) is 6.62. The summed E-state index contributed by atoms with van der Waals surface area (Å²) >= 11 is 0. The van der Waals surface area contributed by atoms with Crippen molar-refractivity contribution in [2.45, 2.75) is 12.4 Å². The van der Waals surface area contributed by atoms with Gasteiger partial charge in [0.1, 0.15) is 23.2 Å². The number of phenolic OH excluding ortho intramolecular Hbond substituents is 1. The molecule has 1 amide bonds. The Morgan fingerprint density at radius 1 is 1.23 bits per heavy atom. The molecule has 2 aromatic rings. The Morgan fingerprint density at radius 3 is 2.35 bits per heavy atom. The van der Waals surface area contributed by atoms with Crippen LogP contribution in [0.5, 0.6) is 5.75 Å². The number of amides is 1. The van der Waals surface area contributed by atoms with Gasteiger partial charge >= 0.3 is 12.4 Å². The van der Waals surface area contributed by atoms with Gasteiger partial charge in [0.15, 0.2) is 5.69 Å². The van der Waals surface area contributed by atoms with E-state index in [2.05, 4.69) is 5.10 Å². The van der Waals surface area contributed by atoms with Gasteiger partial charge in [0.25, 0.3) is 5.91 Å². The van der Waals surface area contributed by atoms with Crippen molar-refractivity contribution in [3.05, 3.63) is 40.6 Å². The lowest BCUT2D eigenvalue weighted by atomic mass is 10.1. The average molecular weight is 378 g/mol. The van der Waals surface area contributed by atoms with Gasteiger partial charge < -0.3 is 10.4 Å². The summed E-state index contributed by atoms with van der Waals surface area (Å²) in [4.78, 5) is 12.1. The Kier molecular flexibility index (Phi) is 4.59. The van der Waals surface area contributed by atoms with Crippen molar-refractivity contribution >= 4 is 11.7 Å². The third-order valence-electron chi connectivity index (χ3n) is 3.23. The Hall–Kier alpha value is -3.23. The van der Waals surface area contributed by atoms with E-state index in [-0.39, 0.29) is 0 Å². The SMILES string of the molecule is Cn1nc(C(F)(F)F)c(C#N)c1NC(=O)c1cc(C(F)(F)F)ccc1O. The Labute approximate surface area is 141 Å². The van der Waals surface area contributed by atoms with Crippen molar-refractivity contribution in [1.29, 1.82) is 5.26 Å². The average Bonchev–Trinajstić information content (AvgIpc) is 2.82. The van der Waals surface area contributed by atoms with E-state index in [1.807, 2.05) is 5.32 Å². The molecule has 0 saturated carbocycles. The molecule has 0 aliphatic heterocycles. The molecular weight excluding hydrogens is 370 g/mol. The van der Waals surface area contributed by atoms with Crippen molar-refractivity contribution in [1.82, 2.24) is 9.78 Å². The zero-order valence-corrected chi connectivity index (χ0v) is 12.7. The summed E-state index contributed by atoms with van der Waals surface area (Å²) in [5, 5.41) is 23.5. The van der Waals surface area contributed by atoms with E-state index < -0.39 is 52.2 Å². The molecular formula is C14H8F6N4O2. The summed E-state index contributed by atoms with van der Waals surface area (Å²) in [6.45, 7) is 0. The predicted molar refractivity (Wildman–Crippen MR) is 74.0 cm³/mol. The number of nitrogens with zero attached hydrogens (tertiary/aromatic N) is 3. The van der Waals surface area contributed by atoms with Crippen molar-refractivity contribution in [3.8, 4) is 11.8 Å². The highest BCUT2D eigenvalue weighted by Crippen LogP contribution is 2.35. The highest BCUT2D eigenvalue weighted by Gasteiger charge is 2.39. The summed E-state index contributed by atoms with van der Waals surface area (Å²) in [6, 6.07) is 2.71. The van der Waals surface area contributed by atoms with Crippen LogP contribution < -0.4 is 5.32 Å². The van der Waals surface area contributed by atoms with Crippen LogP contribution in [0.15, 0.2) is 18.2 Å². The fraction of sp³-hybridized carbons (Fsp3) is 0.214. The molecule has 0 aliphatic rings. The molecule has 0 atom stereocenters. The second-order valence-corrected chi connectivity index (χ2v) is 4.99. The highest BCUT2D eigenvalue weighted by atomic mass is 19.4. The number of hydrogen-bond donors (Lipinski definition) is 2. The summed E-state index contributed by atoms with van der Waals surface area (Å²) in [5.41, 5.74) is -4.66. The van der Waals surface area contributed by atoms with Gasteiger partial charge in [-0.25, -0.2) is 0 Å². The van der Waals surface area contributed by atoms with E-state index >= 15 is 0 Å². The number of anilines is 1. The summed E-state index contributed by atoms with van der Waals surface area (Å²) in [7, 11) is 0.998. The van der Waals surface area contributed by atoms with E-state index in [1.54, 1.807) is 0 Å². The van der Waals surface area contributed by atoms with Crippen LogP contribution in [-0.2, 0) is 19.4 Å². The monoisotopic (exact) mass is 378 g/mol. The van der Waals surface area contributed by atoms with Crippen LogP contribution in [0.2, 0.25) is 0 Å². The van der Waals surface area contributed by atoms with Gasteiger partial charge in [-0.1, -0.05) is 0 Å². The lowest BCUT2D eigenvalue weighted by Crippen LogP contribution is -2.17. The van der Waals surface area contributed by atoms with E-state index in [0.29, 0.717) is 22.9 Å².